The molecule has 244 valence electrons. The third-order valence-electron chi connectivity index (χ3n) is 8.50. The minimum Gasteiger partial charge on any atom is -0.466 e. The predicted octanol–water partition coefficient (Wildman–Crippen LogP) is 11.6. The second-order valence-corrected chi connectivity index (χ2v) is 13.9. The monoisotopic (exact) mass is 581 g/mol. The topological polar surface area (TPSA) is 52.6 Å². The molecule has 0 aliphatic carbocycles. The fraction of sp³-hybridized carbons (Fsp3) is 0.946. The highest BCUT2D eigenvalue weighted by Gasteiger charge is 2.15. The Morgan fingerprint density at radius 3 is 1.22 bits per heavy atom. The number of rotatable bonds is 30. The van der Waals surface area contributed by atoms with Crippen molar-refractivity contribution in [2.45, 2.75) is 189 Å². The average Bonchev–Trinajstić information content (AvgIpc) is 2.91. The summed E-state index contributed by atoms with van der Waals surface area (Å²) in [6.07, 6.45) is 26.7. The van der Waals surface area contributed by atoms with Crippen LogP contribution >= 0.6 is 0 Å². The van der Waals surface area contributed by atoms with E-state index in [0.29, 0.717) is 37.9 Å². The first-order valence-electron chi connectivity index (χ1n) is 18.0. The fourth-order valence-electron chi connectivity index (χ4n) is 5.56. The fourth-order valence-corrected chi connectivity index (χ4v) is 5.56. The molecule has 4 heteroatoms. The van der Waals surface area contributed by atoms with Gasteiger partial charge in [0.2, 0.25) is 0 Å². The number of hydrogen-bond acceptors (Lipinski definition) is 4. The highest BCUT2D eigenvalue weighted by Crippen LogP contribution is 2.24. The van der Waals surface area contributed by atoms with Crippen LogP contribution in [0.5, 0.6) is 0 Å². The van der Waals surface area contributed by atoms with E-state index in [0.717, 1.165) is 43.9 Å². The molecule has 0 aliphatic heterocycles. The summed E-state index contributed by atoms with van der Waals surface area (Å²) < 4.78 is 10.8. The van der Waals surface area contributed by atoms with Gasteiger partial charge < -0.3 is 9.47 Å². The van der Waals surface area contributed by atoms with E-state index < -0.39 is 0 Å². The van der Waals surface area contributed by atoms with Crippen LogP contribution in [0.4, 0.5) is 0 Å². The summed E-state index contributed by atoms with van der Waals surface area (Å²) in [5.41, 5.74) is 0. The average molecular weight is 581 g/mol. The van der Waals surface area contributed by atoms with Crippen LogP contribution in [0.3, 0.4) is 0 Å². The van der Waals surface area contributed by atoms with Crippen LogP contribution in [0, 0.1) is 23.7 Å². The number of ether oxygens (including phenoxy) is 2. The van der Waals surface area contributed by atoms with Gasteiger partial charge in [-0.1, -0.05) is 151 Å². The van der Waals surface area contributed by atoms with E-state index in [1.165, 1.54) is 103 Å². The highest BCUT2D eigenvalue weighted by atomic mass is 16.5. The van der Waals surface area contributed by atoms with Crippen LogP contribution in [0.1, 0.15) is 189 Å². The molecule has 0 N–H and O–H groups in total. The maximum Gasteiger partial charge on any atom is 0.305 e. The smallest absolute Gasteiger partial charge is 0.305 e. The van der Waals surface area contributed by atoms with E-state index in [1.54, 1.807) is 0 Å². The number of carbonyl (C=O) groups excluding carboxylic acids is 2. The van der Waals surface area contributed by atoms with Gasteiger partial charge in [-0.2, -0.15) is 0 Å². The molecule has 0 aromatic carbocycles. The van der Waals surface area contributed by atoms with Gasteiger partial charge in [0, 0.05) is 12.8 Å². The molecule has 0 aromatic heterocycles. The molecule has 1 atom stereocenters. The van der Waals surface area contributed by atoms with Crippen molar-refractivity contribution in [3.63, 3.8) is 0 Å². The lowest BCUT2D eigenvalue weighted by atomic mass is 9.86. The first-order valence-corrected chi connectivity index (χ1v) is 18.0. The molecule has 41 heavy (non-hydrogen) atoms. The third-order valence-corrected chi connectivity index (χ3v) is 8.50. The van der Waals surface area contributed by atoms with Gasteiger partial charge in [0.15, 0.2) is 0 Å². The van der Waals surface area contributed by atoms with E-state index in [-0.39, 0.29) is 11.9 Å². The van der Waals surface area contributed by atoms with Gasteiger partial charge in [-0.25, -0.2) is 0 Å². The minimum absolute atomic E-state index is 0.000248. The van der Waals surface area contributed by atoms with Gasteiger partial charge in [0.05, 0.1) is 13.2 Å². The van der Waals surface area contributed by atoms with Gasteiger partial charge in [0.1, 0.15) is 0 Å². The highest BCUT2D eigenvalue weighted by molar-refractivity contribution is 5.69. The summed E-state index contributed by atoms with van der Waals surface area (Å²) >= 11 is 0. The van der Waals surface area contributed by atoms with Crippen molar-refractivity contribution in [2.75, 3.05) is 13.2 Å². The molecule has 1 unspecified atom stereocenters. The van der Waals surface area contributed by atoms with Crippen LogP contribution in [-0.2, 0) is 19.1 Å². The standard InChI is InChI=1S/C37H72O4/c1-32(2)24-18-16-22-30-40-36(38)27-21-15-13-11-9-7-8-10-12-14-20-26-35(34(5)6)28-29-37(39)41-31-23-17-19-25-33(3)4/h32-35H,7-31H2,1-6H3. The van der Waals surface area contributed by atoms with Crippen LogP contribution in [-0.4, -0.2) is 25.2 Å². The molecule has 0 amide bonds. The van der Waals surface area contributed by atoms with Gasteiger partial charge in [-0.05, 0) is 49.4 Å². The Hall–Kier alpha value is -1.06. The molecule has 0 spiro atoms. The predicted molar refractivity (Wildman–Crippen MR) is 176 cm³/mol. The maximum atomic E-state index is 12.1. The van der Waals surface area contributed by atoms with Crippen molar-refractivity contribution in [1.82, 2.24) is 0 Å². The molecule has 0 bridgehead atoms. The van der Waals surface area contributed by atoms with E-state index in [1.807, 2.05) is 0 Å². The van der Waals surface area contributed by atoms with E-state index in [9.17, 15) is 9.59 Å². The molecule has 0 saturated carbocycles. The molecule has 0 aliphatic rings. The molecule has 4 nitrogen and oxygen atoms in total. The first-order chi connectivity index (χ1) is 19.7. The Bertz CT molecular complexity index is 583. The summed E-state index contributed by atoms with van der Waals surface area (Å²) in [5.74, 6) is 2.80. The van der Waals surface area contributed by atoms with Crippen molar-refractivity contribution in [3.05, 3.63) is 0 Å². The summed E-state index contributed by atoms with van der Waals surface area (Å²) in [4.78, 5) is 24.0. The molecular weight excluding hydrogens is 508 g/mol. The number of unbranched alkanes of at least 4 members (excludes halogenated alkanes) is 14. The summed E-state index contributed by atoms with van der Waals surface area (Å²) in [6.45, 7) is 14.8. The molecular formula is C37H72O4. The number of hydrogen-bond donors (Lipinski definition) is 0. The third kappa shape index (κ3) is 30.2. The zero-order valence-electron chi connectivity index (χ0n) is 28.6. The van der Waals surface area contributed by atoms with Crippen molar-refractivity contribution >= 4 is 11.9 Å². The minimum atomic E-state index is -0.00525. The Morgan fingerprint density at radius 1 is 0.415 bits per heavy atom. The lowest BCUT2D eigenvalue weighted by molar-refractivity contribution is -0.145. The summed E-state index contributed by atoms with van der Waals surface area (Å²) in [6, 6.07) is 0. The van der Waals surface area contributed by atoms with Crippen molar-refractivity contribution in [1.29, 1.82) is 0 Å². The summed E-state index contributed by atoms with van der Waals surface area (Å²) in [7, 11) is 0. The molecule has 0 heterocycles. The van der Waals surface area contributed by atoms with Gasteiger partial charge in [-0.3, -0.25) is 9.59 Å². The van der Waals surface area contributed by atoms with Crippen LogP contribution in [0.15, 0.2) is 0 Å². The van der Waals surface area contributed by atoms with Crippen LogP contribution in [0.2, 0.25) is 0 Å². The number of esters is 2. The van der Waals surface area contributed by atoms with E-state index in [4.69, 9.17) is 9.47 Å². The lowest BCUT2D eigenvalue weighted by Crippen LogP contribution is -2.13. The van der Waals surface area contributed by atoms with E-state index in [2.05, 4.69) is 41.5 Å². The van der Waals surface area contributed by atoms with Crippen molar-refractivity contribution in [2.24, 2.45) is 23.7 Å². The second kappa shape index (κ2) is 29.0. The van der Waals surface area contributed by atoms with Crippen molar-refractivity contribution in [3.8, 4) is 0 Å². The lowest BCUT2D eigenvalue weighted by Gasteiger charge is -2.20. The Kier molecular flexibility index (Phi) is 28.3. The maximum absolute atomic E-state index is 12.1. The SMILES string of the molecule is CC(C)CCCCCOC(=O)CCCCCCCCCCCCCC(CCC(=O)OCCCCCC(C)C)C(C)C. The molecule has 0 saturated heterocycles. The normalized spacial score (nSPS) is 12.4. The Morgan fingerprint density at radius 2 is 0.780 bits per heavy atom. The second-order valence-electron chi connectivity index (χ2n) is 13.9. The summed E-state index contributed by atoms with van der Waals surface area (Å²) in [5, 5.41) is 0. The zero-order valence-corrected chi connectivity index (χ0v) is 28.6. The first kappa shape index (κ1) is 39.9. The Labute approximate surface area is 256 Å². The molecule has 0 aromatic rings. The molecule has 0 radical (unpaired) electrons. The zero-order chi connectivity index (χ0) is 30.6. The number of carbonyl (C=O) groups is 2. The largest absolute Gasteiger partial charge is 0.466 e. The van der Waals surface area contributed by atoms with Crippen LogP contribution in [0.25, 0.3) is 0 Å². The van der Waals surface area contributed by atoms with Gasteiger partial charge >= 0.3 is 11.9 Å². The van der Waals surface area contributed by atoms with Gasteiger partial charge in [-0.15, -0.1) is 0 Å². The van der Waals surface area contributed by atoms with Crippen LogP contribution < -0.4 is 0 Å². The Balaban J connectivity index is 3.53. The quantitative estimate of drug-likeness (QED) is 0.0626. The molecule has 0 rings (SSSR count). The molecule has 0 fully saturated rings. The van der Waals surface area contributed by atoms with E-state index >= 15 is 0 Å². The van der Waals surface area contributed by atoms with Gasteiger partial charge in [0.25, 0.3) is 0 Å². The van der Waals surface area contributed by atoms with Crippen molar-refractivity contribution < 1.29 is 19.1 Å².